The van der Waals surface area contributed by atoms with Crippen LogP contribution in [0.2, 0.25) is 0 Å². The summed E-state index contributed by atoms with van der Waals surface area (Å²) in [6.07, 6.45) is 7.35. The molecule has 2 heterocycles. The molecule has 1 fully saturated rings. The lowest BCUT2D eigenvalue weighted by Gasteiger charge is -2.33. The minimum Gasteiger partial charge on any atom is -0.341 e. The van der Waals surface area contributed by atoms with Crippen LogP contribution >= 0.6 is 12.4 Å². The third-order valence-electron chi connectivity index (χ3n) is 3.76. The van der Waals surface area contributed by atoms with Crippen molar-refractivity contribution in [2.45, 2.75) is 45.2 Å². The predicted molar refractivity (Wildman–Crippen MR) is 79.5 cm³/mol. The van der Waals surface area contributed by atoms with Crippen molar-refractivity contribution in [1.29, 1.82) is 0 Å². The molecular weight excluding hydrogens is 278 g/mol. The monoisotopic (exact) mass is 301 g/mol. The average molecular weight is 302 g/mol. The van der Waals surface area contributed by atoms with Gasteiger partial charge in [-0.2, -0.15) is 0 Å². The third kappa shape index (κ3) is 4.45. The largest absolute Gasteiger partial charge is 0.341 e. The van der Waals surface area contributed by atoms with E-state index in [1.807, 2.05) is 15.8 Å². The number of likely N-dealkylation sites (tertiary alicyclic amines) is 1. The first kappa shape index (κ1) is 16.9. The van der Waals surface area contributed by atoms with Crippen molar-refractivity contribution in [1.82, 2.24) is 19.9 Å². The summed E-state index contributed by atoms with van der Waals surface area (Å²) in [5, 5.41) is 7.79. The number of piperidine rings is 1. The Labute approximate surface area is 126 Å². The molecule has 1 saturated heterocycles. The van der Waals surface area contributed by atoms with Crippen molar-refractivity contribution in [3.8, 4) is 0 Å². The van der Waals surface area contributed by atoms with Gasteiger partial charge in [-0.25, -0.2) is 0 Å². The molecule has 0 aliphatic carbocycles. The number of rotatable bonds is 5. The number of amides is 1. The van der Waals surface area contributed by atoms with Gasteiger partial charge in [0.25, 0.3) is 0 Å². The van der Waals surface area contributed by atoms with Gasteiger partial charge in [0.15, 0.2) is 0 Å². The number of nitrogens with zero attached hydrogens (tertiary/aromatic N) is 4. The molecule has 7 heteroatoms. The van der Waals surface area contributed by atoms with Crippen LogP contribution in [0.5, 0.6) is 0 Å². The molecule has 1 aliphatic rings. The Hall–Kier alpha value is -1.14. The fraction of sp³-hybridized carbons (Fsp3) is 0.769. The van der Waals surface area contributed by atoms with E-state index < -0.39 is 0 Å². The zero-order valence-corrected chi connectivity index (χ0v) is 12.8. The highest BCUT2D eigenvalue weighted by Crippen LogP contribution is 2.19. The Bertz CT molecular complexity index is 389. The Morgan fingerprint density at radius 3 is 2.70 bits per heavy atom. The Kier molecular flexibility index (Phi) is 6.95. The Morgan fingerprint density at radius 2 is 2.15 bits per heavy atom. The van der Waals surface area contributed by atoms with E-state index in [1.54, 1.807) is 6.20 Å². The van der Waals surface area contributed by atoms with Crippen LogP contribution in [0.25, 0.3) is 0 Å². The molecule has 20 heavy (non-hydrogen) atoms. The van der Waals surface area contributed by atoms with Gasteiger partial charge in [-0.3, -0.25) is 9.48 Å². The molecule has 0 bridgehead atoms. The predicted octanol–water partition coefficient (Wildman–Crippen LogP) is 1.07. The zero-order valence-electron chi connectivity index (χ0n) is 11.9. The van der Waals surface area contributed by atoms with Crippen LogP contribution < -0.4 is 5.73 Å². The second-order valence-corrected chi connectivity index (χ2v) is 5.29. The third-order valence-corrected chi connectivity index (χ3v) is 3.76. The van der Waals surface area contributed by atoms with Gasteiger partial charge in [0.2, 0.25) is 5.91 Å². The summed E-state index contributed by atoms with van der Waals surface area (Å²) in [4.78, 5) is 14.0. The van der Waals surface area contributed by atoms with Gasteiger partial charge in [0.05, 0.1) is 12.2 Å². The van der Waals surface area contributed by atoms with Crippen LogP contribution in [0.4, 0.5) is 0 Å². The second kappa shape index (κ2) is 8.21. The molecule has 1 aliphatic heterocycles. The number of aromatic nitrogens is 3. The van der Waals surface area contributed by atoms with Crippen LogP contribution in [-0.2, 0) is 11.3 Å². The average Bonchev–Trinajstić information content (AvgIpc) is 2.92. The maximum absolute atomic E-state index is 12.1. The molecule has 114 valence electrons. The summed E-state index contributed by atoms with van der Waals surface area (Å²) < 4.78 is 1.87. The molecule has 1 atom stereocenters. The van der Waals surface area contributed by atoms with Crippen LogP contribution in [-0.4, -0.2) is 44.9 Å². The van der Waals surface area contributed by atoms with Crippen molar-refractivity contribution in [3.05, 3.63) is 12.4 Å². The highest BCUT2D eigenvalue weighted by atomic mass is 35.5. The van der Waals surface area contributed by atoms with Crippen molar-refractivity contribution in [3.63, 3.8) is 0 Å². The quantitative estimate of drug-likeness (QED) is 0.882. The lowest BCUT2D eigenvalue weighted by atomic mass is 9.96. The molecule has 1 aromatic heterocycles. The van der Waals surface area contributed by atoms with Gasteiger partial charge < -0.3 is 10.6 Å². The van der Waals surface area contributed by atoms with E-state index in [0.29, 0.717) is 5.92 Å². The summed E-state index contributed by atoms with van der Waals surface area (Å²) in [5.41, 5.74) is 5.89. The minimum absolute atomic E-state index is 0. The van der Waals surface area contributed by atoms with Crippen LogP contribution in [0.1, 0.15) is 32.6 Å². The number of hydrogen-bond acceptors (Lipinski definition) is 4. The SMILES string of the molecule is CCCC(N)C(=O)N1CCC(Cn2ccnn2)CC1.Cl. The molecule has 2 N–H and O–H groups in total. The summed E-state index contributed by atoms with van der Waals surface area (Å²) in [7, 11) is 0. The molecule has 6 nitrogen and oxygen atoms in total. The summed E-state index contributed by atoms with van der Waals surface area (Å²) in [5.74, 6) is 0.689. The van der Waals surface area contributed by atoms with E-state index in [9.17, 15) is 4.79 Å². The first-order valence-corrected chi connectivity index (χ1v) is 7.09. The molecule has 1 aromatic rings. The van der Waals surface area contributed by atoms with Crippen LogP contribution in [0.15, 0.2) is 12.4 Å². The van der Waals surface area contributed by atoms with E-state index in [1.165, 1.54) is 0 Å². The molecule has 2 rings (SSSR count). The molecular formula is C13H24ClN5O. The number of carbonyl (C=O) groups excluding carboxylic acids is 1. The van der Waals surface area contributed by atoms with E-state index in [0.717, 1.165) is 45.3 Å². The highest BCUT2D eigenvalue weighted by molar-refractivity contribution is 5.85. The fourth-order valence-corrected chi connectivity index (χ4v) is 2.60. The summed E-state index contributed by atoms with van der Waals surface area (Å²) in [6.45, 7) is 4.58. The standard InChI is InChI=1S/C13H23N5O.ClH/c1-2-3-12(14)13(19)17-7-4-11(5-8-17)10-18-9-6-15-16-18;/h6,9,11-12H,2-5,7-8,10,14H2,1H3;1H. The van der Waals surface area contributed by atoms with Crippen molar-refractivity contribution >= 4 is 18.3 Å². The van der Waals surface area contributed by atoms with Gasteiger partial charge in [0, 0.05) is 25.8 Å². The molecule has 1 unspecified atom stereocenters. The van der Waals surface area contributed by atoms with Crippen molar-refractivity contribution in [2.24, 2.45) is 11.7 Å². The van der Waals surface area contributed by atoms with Crippen LogP contribution in [0.3, 0.4) is 0 Å². The smallest absolute Gasteiger partial charge is 0.239 e. The fourth-order valence-electron chi connectivity index (χ4n) is 2.60. The molecule has 0 spiro atoms. The summed E-state index contributed by atoms with van der Waals surface area (Å²) >= 11 is 0. The Morgan fingerprint density at radius 1 is 1.45 bits per heavy atom. The summed E-state index contributed by atoms with van der Waals surface area (Å²) in [6, 6.07) is -0.322. The van der Waals surface area contributed by atoms with Gasteiger partial charge in [-0.1, -0.05) is 18.6 Å². The van der Waals surface area contributed by atoms with E-state index in [4.69, 9.17) is 5.73 Å². The van der Waals surface area contributed by atoms with Gasteiger partial charge in [-0.05, 0) is 25.2 Å². The van der Waals surface area contributed by atoms with Crippen molar-refractivity contribution < 1.29 is 4.79 Å². The van der Waals surface area contributed by atoms with E-state index >= 15 is 0 Å². The maximum Gasteiger partial charge on any atom is 0.239 e. The van der Waals surface area contributed by atoms with Crippen LogP contribution in [0, 0.1) is 5.92 Å². The number of carbonyl (C=O) groups is 1. The lowest BCUT2D eigenvalue weighted by molar-refractivity contribution is -0.134. The molecule has 0 aromatic carbocycles. The zero-order chi connectivity index (χ0) is 13.7. The lowest BCUT2D eigenvalue weighted by Crippen LogP contribution is -2.47. The second-order valence-electron chi connectivity index (χ2n) is 5.29. The number of halogens is 1. The normalized spacial score (nSPS) is 17.6. The van der Waals surface area contributed by atoms with Gasteiger partial charge in [0.1, 0.15) is 0 Å². The van der Waals surface area contributed by atoms with E-state index in [-0.39, 0.29) is 24.4 Å². The van der Waals surface area contributed by atoms with Crippen molar-refractivity contribution in [2.75, 3.05) is 13.1 Å². The van der Waals surface area contributed by atoms with Gasteiger partial charge >= 0.3 is 0 Å². The molecule has 0 saturated carbocycles. The van der Waals surface area contributed by atoms with E-state index in [2.05, 4.69) is 17.2 Å². The first-order chi connectivity index (χ1) is 9.20. The Balaban J connectivity index is 0.00000200. The number of nitrogens with two attached hydrogens (primary N) is 1. The molecule has 0 radical (unpaired) electrons. The molecule has 1 amide bonds. The van der Waals surface area contributed by atoms with Gasteiger partial charge in [-0.15, -0.1) is 17.5 Å². The highest BCUT2D eigenvalue weighted by Gasteiger charge is 2.26. The first-order valence-electron chi connectivity index (χ1n) is 7.09. The topological polar surface area (TPSA) is 77.0 Å². The minimum atomic E-state index is -0.322. The maximum atomic E-state index is 12.1. The number of hydrogen-bond donors (Lipinski definition) is 1.